The highest BCUT2D eigenvalue weighted by atomic mass is 19.1. The van der Waals surface area contributed by atoms with Crippen LogP contribution in [0.3, 0.4) is 0 Å². The number of hydrogen-bond donors (Lipinski definition) is 1. The van der Waals surface area contributed by atoms with E-state index >= 15 is 0 Å². The maximum Gasteiger partial charge on any atom is 0.159 e. The maximum absolute atomic E-state index is 13.1. The smallest absolute Gasteiger partial charge is 0.159 e. The Bertz CT molecular complexity index is 538. The minimum atomic E-state index is -0.297. The molecule has 2 aromatic rings. The Morgan fingerprint density at radius 2 is 2.06 bits per heavy atom. The predicted molar refractivity (Wildman–Crippen MR) is 65.9 cm³/mol. The van der Waals surface area contributed by atoms with Crippen molar-refractivity contribution in [3.63, 3.8) is 0 Å². The van der Waals surface area contributed by atoms with E-state index in [0.717, 1.165) is 5.69 Å². The Hall–Kier alpha value is -1.97. The molecule has 1 aromatic carbocycles. The quantitative estimate of drug-likeness (QED) is 0.864. The van der Waals surface area contributed by atoms with Crippen molar-refractivity contribution in [1.29, 1.82) is 0 Å². The van der Waals surface area contributed by atoms with E-state index in [1.807, 2.05) is 13.8 Å². The Morgan fingerprint density at radius 1 is 1.29 bits per heavy atom. The van der Waals surface area contributed by atoms with Crippen LogP contribution in [0, 0.1) is 5.82 Å². The van der Waals surface area contributed by atoms with Crippen molar-refractivity contribution in [1.82, 2.24) is 9.97 Å². The van der Waals surface area contributed by atoms with Crippen molar-refractivity contribution in [3.05, 3.63) is 42.0 Å². The lowest BCUT2D eigenvalue weighted by Crippen LogP contribution is -2.03. The third kappa shape index (κ3) is 2.41. The van der Waals surface area contributed by atoms with Gasteiger partial charge in [0.1, 0.15) is 5.82 Å². The topological polar surface area (TPSA) is 51.8 Å². The van der Waals surface area contributed by atoms with Crippen LogP contribution < -0.4 is 5.73 Å². The lowest BCUT2D eigenvalue weighted by Gasteiger charge is -2.09. The number of benzene rings is 1. The summed E-state index contributed by atoms with van der Waals surface area (Å²) in [6, 6.07) is 6.22. The molecular formula is C13H14FN3. The minimum absolute atomic E-state index is 0.213. The SMILES string of the molecule is CC(C)c1nc(-c2cccc(F)c2)ncc1N. The Morgan fingerprint density at radius 3 is 2.71 bits per heavy atom. The zero-order chi connectivity index (χ0) is 12.4. The number of halogens is 1. The summed E-state index contributed by atoms with van der Waals surface area (Å²) in [7, 11) is 0. The van der Waals surface area contributed by atoms with Gasteiger partial charge in [0.25, 0.3) is 0 Å². The molecule has 0 aliphatic rings. The maximum atomic E-state index is 13.1. The van der Waals surface area contributed by atoms with Crippen LogP contribution in [0.4, 0.5) is 10.1 Å². The van der Waals surface area contributed by atoms with Gasteiger partial charge in [0, 0.05) is 5.56 Å². The molecule has 0 saturated heterocycles. The summed E-state index contributed by atoms with van der Waals surface area (Å²) < 4.78 is 13.1. The van der Waals surface area contributed by atoms with Crippen LogP contribution in [-0.2, 0) is 0 Å². The molecule has 0 atom stereocenters. The van der Waals surface area contributed by atoms with Crippen molar-refractivity contribution in [3.8, 4) is 11.4 Å². The van der Waals surface area contributed by atoms with E-state index in [0.29, 0.717) is 17.1 Å². The van der Waals surface area contributed by atoms with Crippen LogP contribution in [0.5, 0.6) is 0 Å². The van der Waals surface area contributed by atoms with Gasteiger partial charge in [-0.3, -0.25) is 0 Å². The van der Waals surface area contributed by atoms with E-state index in [-0.39, 0.29) is 11.7 Å². The third-order valence-electron chi connectivity index (χ3n) is 2.48. The van der Waals surface area contributed by atoms with Crippen LogP contribution in [0.1, 0.15) is 25.5 Å². The largest absolute Gasteiger partial charge is 0.396 e. The Labute approximate surface area is 99.5 Å². The first-order chi connectivity index (χ1) is 8.08. The zero-order valence-corrected chi connectivity index (χ0v) is 9.81. The molecule has 17 heavy (non-hydrogen) atoms. The zero-order valence-electron chi connectivity index (χ0n) is 9.81. The summed E-state index contributed by atoms with van der Waals surface area (Å²) in [6.45, 7) is 4.02. The molecule has 0 amide bonds. The van der Waals surface area contributed by atoms with Gasteiger partial charge in [-0.1, -0.05) is 26.0 Å². The first-order valence-electron chi connectivity index (χ1n) is 5.46. The minimum Gasteiger partial charge on any atom is -0.396 e. The molecule has 4 heteroatoms. The summed E-state index contributed by atoms with van der Waals surface area (Å²) in [4.78, 5) is 8.51. The lowest BCUT2D eigenvalue weighted by molar-refractivity contribution is 0.628. The van der Waals surface area contributed by atoms with Crippen LogP contribution in [0.25, 0.3) is 11.4 Å². The molecule has 0 fully saturated rings. The second-order valence-corrected chi connectivity index (χ2v) is 4.20. The second kappa shape index (κ2) is 4.49. The molecule has 0 spiro atoms. The van der Waals surface area contributed by atoms with Gasteiger partial charge in [0.2, 0.25) is 0 Å². The molecular weight excluding hydrogens is 217 g/mol. The average Bonchev–Trinajstić information content (AvgIpc) is 2.29. The highest BCUT2D eigenvalue weighted by molar-refractivity contribution is 5.57. The lowest BCUT2D eigenvalue weighted by atomic mass is 10.1. The highest BCUT2D eigenvalue weighted by Crippen LogP contribution is 2.22. The first kappa shape index (κ1) is 11.5. The molecule has 1 aromatic heterocycles. The van der Waals surface area contributed by atoms with Crippen LogP contribution in [0.15, 0.2) is 30.5 Å². The van der Waals surface area contributed by atoms with E-state index in [1.54, 1.807) is 18.3 Å². The molecule has 0 bridgehead atoms. The van der Waals surface area contributed by atoms with Gasteiger partial charge in [0.15, 0.2) is 5.82 Å². The number of nitrogens with zero attached hydrogens (tertiary/aromatic N) is 2. The first-order valence-corrected chi connectivity index (χ1v) is 5.46. The predicted octanol–water partition coefficient (Wildman–Crippen LogP) is 2.99. The van der Waals surface area contributed by atoms with Gasteiger partial charge in [0.05, 0.1) is 17.6 Å². The molecule has 0 radical (unpaired) electrons. The summed E-state index contributed by atoms with van der Waals surface area (Å²) in [6.07, 6.45) is 1.57. The van der Waals surface area contributed by atoms with Gasteiger partial charge in [-0.15, -0.1) is 0 Å². The van der Waals surface area contributed by atoms with Gasteiger partial charge >= 0.3 is 0 Å². The molecule has 2 N–H and O–H groups in total. The molecule has 3 nitrogen and oxygen atoms in total. The van der Waals surface area contributed by atoms with E-state index in [2.05, 4.69) is 9.97 Å². The van der Waals surface area contributed by atoms with Crippen molar-refractivity contribution >= 4 is 5.69 Å². The summed E-state index contributed by atoms with van der Waals surface area (Å²) in [5, 5.41) is 0. The average molecular weight is 231 g/mol. The van der Waals surface area contributed by atoms with Gasteiger partial charge in [-0.2, -0.15) is 0 Å². The van der Waals surface area contributed by atoms with Crippen molar-refractivity contribution in [2.75, 3.05) is 5.73 Å². The number of nitrogens with two attached hydrogens (primary N) is 1. The molecule has 0 saturated carbocycles. The fourth-order valence-corrected chi connectivity index (χ4v) is 1.63. The molecule has 1 heterocycles. The van der Waals surface area contributed by atoms with Crippen molar-refractivity contribution in [2.24, 2.45) is 0 Å². The second-order valence-electron chi connectivity index (χ2n) is 4.20. The third-order valence-corrected chi connectivity index (χ3v) is 2.48. The summed E-state index contributed by atoms with van der Waals surface area (Å²) in [5.74, 6) is 0.418. The normalized spacial score (nSPS) is 10.8. The Balaban J connectivity index is 2.50. The van der Waals surface area contributed by atoms with Crippen LogP contribution >= 0.6 is 0 Å². The molecule has 0 aliphatic carbocycles. The van der Waals surface area contributed by atoms with Crippen molar-refractivity contribution < 1.29 is 4.39 Å². The van der Waals surface area contributed by atoms with Gasteiger partial charge < -0.3 is 5.73 Å². The number of rotatable bonds is 2. The van der Waals surface area contributed by atoms with E-state index < -0.39 is 0 Å². The summed E-state index contributed by atoms with van der Waals surface area (Å²) >= 11 is 0. The number of aromatic nitrogens is 2. The highest BCUT2D eigenvalue weighted by Gasteiger charge is 2.10. The number of anilines is 1. The molecule has 0 aliphatic heterocycles. The monoisotopic (exact) mass is 231 g/mol. The van der Waals surface area contributed by atoms with E-state index in [4.69, 9.17) is 5.73 Å². The summed E-state index contributed by atoms with van der Waals surface area (Å²) in [5.41, 5.74) is 7.82. The van der Waals surface area contributed by atoms with Gasteiger partial charge in [-0.05, 0) is 18.1 Å². The van der Waals surface area contributed by atoms with Crippen LogP contribution in [0.2, 0.25) is 0 Å². The standard InChI is InChI=1S/C13H14FN3/c1-8(2)12-11(15)7-16-13(17-12)9-4-3-5-10(14)6-9/h3-8H,15H2,1-2H3. The molecule has 2 rings (SSSR count). The Kier molecular flexibility index (Phi) is 3.04. The van der Waals surface area contributed by atoms with Crippen LogP contribution in [-0.4, -0.2) is 9.97 Å². The number of nitrogen functional groups attached to an aromatic ring is 1. The van der Waals surface area contributed by atoms with E-state index in [9.17, 15) is 4.39 Å². The number of hydrogen-bond acceptors (Lipinski definition) is 3. The fraction of sp³-hybridized carbons (Fsp3) is 0.231. The van der Waals surface area contributed by atoms with E-state index in [1.165, 1.54) is 12.1 Å². The molecule has 0 unspecified atom stereocenters. The fourth-order valence-electron chi connectivity index (χ4n) is 1.63. The molecule has 88 valence electrons. The van der Waals surface area contributed by atoms with Crippen molar-refractivity contribution in [2.45, 2.75) is 19.8 Å². The van der Waals surface area contributed by atoms with Gasteiger partial charge in [-0.25, -0.2) is 14.4 Å².